The molecule has 1 aliphatic rings. The molecule has 196 valence electrons. The topological polar surface area (TPSA) is 51.1 Å². The lowest BCUT2D eigenvalue weighted by molar-refractivity contribution is -0.114. The van der Waals surface area contributed by atoms with Crippen LogP contribution in [0.25, 0.3) is 6.08 Å². The van der Waals surface area contributed by atoms with Gasteiger partial charge >= 0.3 is 0 Å². The van der Waals surface area contributed by atoms with E-state index in [4.69, 9.17) is 9.47 Å². The van der Waals surface area contributed by atoms with E-state index in [-0.39, 0.29) is 22.9 Å². The monoisotopic (exact) mass is 528 g/mol. The number of hydrazone groups is 1. The van der Waals surface area contributed by atoms with Gasteiger partial charge in [-0.25, -0.2) is 22.0 Å². The van der Waals surface area contributed by atoms with Crippen LogP contribution in [0.4, 0.5) is 27.6 Å². The zero-order valence-electron chi connectivity index (χ0n) is 20.3. The molecule has 3 aromatic rings. The summed E-state index contributed by atoms with van der Waals surface area (Å²) >= 11 is 0. The normalized spacial score (nSPS) is 14.2. The third-order valence-electron chi connectivity index (χ3n) is 5.74. The van der Waals surface area contributed by atoms with Crippen molar-refractivity contribution in [1.82, 2.24) is 0 Å². The second-order valence-corrected chi connectivity index (χ2v) is 8.26. The highest BCUT2D eigenvalue weighted by Crippen LogP contribution is 2.37. The number of benzene rings is 3. The minimum atomic E-state index is -2.33. The fourth-order valence-electron chi connectivity index (χ4n) is 3.90. The first-order valence-corrected chi connectivity index (χ1v) is 11.3. The quantitative estimate of drug-likeness (QED) is 0.110. The summed E-state index contributed by atoms with van der Waals surface area (Å²) < 4.78 is 81.2. The minimum absolute atomic E-state index is 0.00702. The van der Waals surface area contributed by atoms with Gasteiger partial charge in [-0.05, 0) is 42.7 Å². The van der Waals surface area contributed by atoms with Crippen LogP contribution in [0.3, 0.4) is 0 Å². The zero-order valence-corrected chi connectivity index (χ0v) is 20.3. The highest BCUT2D eigenvalue weighted by molar-refractivity contribution is 6.32. The second-order valence-electron chi connectivity index (χ2n) is 8.26. The molecule has 0 bridgehead atoms. The number of nitrogens with zero attached hydrogens (tertiary/aromatic N) is 2. The molecular formula is C28H21F5N2O3. The molecule has 0 saturated heterocycles. The molecule has 4 rings (SSSR count). The molecule has 1 heterocycles. The first kappa shape index (κ1) is 26.6. The van der Waals surface area contributed by atoms with Crippen molar-refractivity contribution >= 4 is 23.4 Å². The summed E-state index contributed by atoms with van der Waals surface area (Å²) in [5.41, 5.74) is 0.499. The number of allylic oxidation sites excluding steroid dienone is 1. The maximum absolute atomic E-state index is 14.3. The smallest absolute Gasteiger partial charge is 0.280 e. The van der Waals surface area contributed by atoms with Gasteiger partial charge in [0.1, 0.15) is 12.3 Å². The summed E-state index contributed by atoms with van der Waals surface area (Å²) in [4.78, 5) is 13.0. The fourth-order valence-corrected chi connectivity index (χ4v) is 3.90. The minimum Gasteiger partial charge on any atom is -0.493 e. The number of carbonyl (C=O) groups is 1. The number of rotatable bonds is 8. The molecule has 0 spiro atoms. The highest BCUT2D eigenvalue weighted by atomic mass is 19.2. The molecule has 0 aromatic heterocycles. The van der Waals surface area contributed by atoms with Gasteiger partial charge in [0.05, 0.1) is 18.4 Å². The molecule has 1 aliphatic heterocycles. The van der Waals surface area contributed by atoms with Crippen LogP contribution in [-0.4, -0.2) is 18.7 Å². The Labute approximate surface area is 215 Å². The number of halogens is 5. The van der Waals surface area contributed by atoms with Crippen molar-refractivity contribution in [3.8, 4) is 11.5 Å². The molecule has 0 N–H and O–H groups in total. The molecule has 0 atom stereocenters. The van der Waals surface area contributed by atoms with Gasteiger partial charge in [-0.15, -0.1) is 6.58 Å². The Bertz CT molecular complexity index is 1460. The fraction of sp³-hybridized carbons (Fsp3) is 0.143. The molecule has 10 heteroatoms. The molecule has 0 unspecified atom stereocenters. The molecule has 0 aliphatic carbocycles. The standard InChI is InChI=1S/C28H21F5N2O3/c1-4-8-18-11-17(13-20(37-3)27(18)38-14-16-9-6-5-7-10-16)12-19-15(2)34-35(28(19)36)26-24(32)22(30)21(29)23(31)25(26)33/h4-7,9-13H,1,8,14H2,2-3H3/b19-12+. The third-order valence-corrected chi connectivity index (χ3v) is 5.74. The van der Waals surface area contributed by atoms with E-state index < -0.39 is 40.7 Å². The van der Waals surface area contributed by atoms with Gasteiger partial charge in [0.2, 0.25) is 5.82 Å². The van der Waals surface area contributed by atoms with Crippen LogP contribution in [0.5, 0.6) is 11.5 Å². The Morgan fingerprint density at radius 1 is 0.974 bits per heavy atom. The summed E-state index contributed by atoms with van der Waals surface area (Å²) in [6.07, 6.45) is 3.41. The van der Waals surface area contributed by atoms with Crippen LogP contribution < -0.4 is 14.5 Å². The highest BCUT2D eigenvalue weighted by Gasteiger charge is 2.37. The lowest BCUT2D eigenvalue weighted by Gasteiger charge is -2.16. The summed E-state index contributed by atoms with van der Waals surface area (Å²) in [6.45, 7) is 5.39. The Hall–Kier alpha value is -4.47. The second kappa shape index (κ2) is 10.9. The lowest BCUT2D eigenvalue weighted by Crippen LogP contribution is -2.25. The molecular weight excluding hydrogens is 507 g/mol. The van der Waals surface area contributed by atoms with Crippen LogP contribution in [0.1, 0.15) is 23.6 Å². The Kier molecular flexibility index (Phi) is 7.61. The van der Waals surface area contributed by atoms with E-state index in [0.29, 0.717) is 29.0 Å². The molecule has 1 amide bonds. The number of carbonyl (C=O) groups excluding carboxylic acids is 1. The maximum Gasteiger partial charge on any atom is 0.280 e. The van der Waals surface area contributed by atoms with E-state index in [1.807, 2.05) is 30.3 Å². The van der Waals surface area contributed by atoms with E-state index in [9.17, 15) is 26.7 Å². The van der Waals surface area contributed by atoms with Crippen molar-refractivity contribution < 1.29 is 36.2 Å². The van der Waals surface area contributed by atoms with Crippen LogP contribution >= 0.6 is 0 Å². The number of anilines is 1. The predicted molar refractivity (Wildman–Crippen MR) is 132 cm³/mol. The van der Waals surface area contributed by atoms with Crippen LogP contribution in [0, 0.1) is 29.1 Å². The number of hydrogen-bond acceptors (Lipinski definition) is 4. The van der Waals surface area contributed by atoms with Crippen molar-refractivity contribution in [2.75, 3.05) is 12.1 Å². The lowest BCUT2D eigenvalue weighted by atomic mass is 10.0. The van der Waals surface area contributed by atoms with Gasteiger partial charge in [0.15, 0.2) is 34.8 Å². The van der Waals surface area contributed by atoms with Gasteiger partial charge in [-0.1, -0.05) is 36.4 Å². The van der Waals surface area contributed by atoms with Gasteiger partial charge < -0.3 is 9.47 Å². The van der Waals surface area contributed by atoms with Crippen molar-refractivity contribution in [2.45, 2.75) is 20.0 Å². The van der Waals surface area contributed by atoms with E-state index in [0.717, 1.165) is 5.56 Å². The zero-order chi connectivity index (χ0) is 27.6. The summed E-state index contributed by atoms with van der Waals surface area (Å²) in [5, 5.41) is 3.92. The van der Waals surface area contributed by atoms with E-state index in [1.165, 1.54) is 20.1 Å². The summed E-state index contributed by atoms with van der Waals surface area (Å²) in [7, 11) is 1.44. The maximum atomic E-state index is 14.3. The number of hydrogen-bond donors (Lipinski definition) is 0. The first-order chi connectivity index (χ1) is 18.2. The van der Waals surface area contributed by atoms with Gasteiger partial charge in [0, 0.05) is 5.56 Å². The molecule has 3 aromatic carbocycles. The van der Waals surface area contributed by atoms with Crippen molar-refractivity contribution in [3.05, 3.63) is 106 Å². The van der Waals surface area contributed by atoms with Crippen LogP contribution in [0.2, 0.25) is 0 Å². The molecule has 0 fully saturated rings. The summed E-state index contributed by atoms with van der Waals surface area (Å²) in [5.74, 6) is -11.3. The number of ether oxygens (including phenoxy) is 2. The molecule has 5 nitrogen and oxygen atoms in total. The predicted octanol–water partition coefficient (Wildman–Crippen LogP) is 6.50. The van der Waals surface area contributed by atoms with Crippen LogP contribution in [0.15, 0.2) is 65.8 Å². The van der Waals surface area contributed by atoms with E-state index in [2.05, 4.69) is 11.7 Å². The van der Waals surface area contributed by atoms with Crippen molar-refractivity contribution in [3.63, 3.8) is 0 Å². The number of methoxy groups -OCH3 is 1. The average molecular weight is 528 g/mol. The van der Waals surface area contributed by atoms with E-state index >= 15 is 0 Å². The largest absolute Gasteiger partial charge is 0.493 e. The van der Waals surface area contributed by atoms with Gasteiger partial charge in [-0.3, -0.25) is 4.79 Å². The molecule has 0 radical (unpaired) electrons. The summed E-state index contributed by atoms with van der Waals surface area (Å²) in [6, 6.07) is 12.8. The van der Waals surface area contributed by atoms with Crippen molar-refractivity contribution in [1.29, 1.82) is 0 Å². The Morgan fingerprint density at radius 3 is 2.21 bits per heavy atom. The Morgan fingerprint density at radius 2 is 1.61 bits per heavy atom. The van der Waals surface area contributed by atoms with Gasteiger partial charge in [0.25, 0.3) is 5.91 Å². The Balaban J connectivity index is 1.72. The van der Waals surface area contributed by atoms with E-state index in [1.54, 1.807) is 18.2 Å². The molecule has 38 heavy (non-hydrogen) atoms. The third kappa shape index (κ3) is 4.89. The average Bonchev–Trinajstić information content (AvgIpc) is 3.18. The SMILES string of the molecule is C=CCc1cc(/C=C2/C(=O)N(c3c(F)c(F)c(F)c(F)c3F)N=C2C)cc(OC)c1OCc1ccccc1. The van der Waals surface area contributed by atoms with Gasteiger partial charge in [-0.2, -0.15) is 10.1 Å². The van der Waals surface area contributed by atoms with Crippen molar-refractivity contribution in [2.24, 2.45) is 5.10 Å². The molecule has 0 saturated carbocycles. The number of amides is 1. The van der Waals surface area contributed by atoms with Crippen LogP contribution in [-0.2, 0) is 17.8 Å². The first-order valence-electron chi connectivity index (χ1n) is 11.3.